The van der Waals surface area contributed by atoms with Crippen LogP contribution in [0.4, 0.5) is 4.39 Å². The van der Waals surface area contributed by atoms with Gasteiger partial charge in [0.25, 0.3) is 0 Å². The summed E-state index contributed by atoms with van der Waals surface area (Å²) in [5, 5.41) is 10.8. The molecule has 0 spiro atoms. The third-order valence-electron chi connectivity index (χ3n) is 6.58. The maximum atomic E-state index is 14.5. The molecule has 1 saturated heterocycles. The van der Waals surface area contributed by atoms with Gasteiger partial charge in [0, 0.05) is 28.6 Å². The quantitative estimate of drug-likeness (QED) is 0.696. The average molecular weight is 350 g/mol. The molecule has 26 heavy (non-hydrogen) atoms. The minimum atomic E-state index is -0.131. The molecule has 2 heterocycles. The maximum absolute atomic E-state index is 14.5. The highest BCUT2D eigenvalue weighted by Gasteiger charge is 2.47. The van der Waals surface area contributed by atoms with Crippen LogP contribution in [-0.2, 0) is 18.3 Å². The number of piperidine rings is 1. The number of nitrogens with zero attached hydrogens (tertiary/aromatic N) is 1. The number of halogens is 1. The summed E-state index contributed by atoms with van der Waals surface area (Å²) in [5.41, 5.74) is 4.41. The highest BCUT2D eigenvalue weighted by molar-refractivity contribution is 5.85. The van der Waals surface area contributed by atoms with E-state index in [1.54, 1.807) is 18.2 Å². The molecule has 2 atom stereocenters. The maximum Gasteiger partial charge on any atom is 0.132 e. The zero-order valence-corrected chi connectivity index (χ0v) is 14.9. The first-order chi connectivity index (χ1) is 12.6. The Kier molecular flexibility index (Phi) is 3.41. The fraction of sp³-hybridized carbons (Fsp3) is 0.364. The second-order valence-corrected chi connectivity index (χ2v) is 8.04. The SMILES string of the molecule is CN1CC[C@]2(c3cccc(O)c3)Cc3[nH]c4cccc(F)c4c3CC2C1. The molecule has 1 unspecified atom stereocenters. The van der Waals surface area contributed by atoms with Gasteiger partial charge in [0.2, 0.25) is 0 Å². The van der Waals surface area contributed by atoms with E-state index < -0.39 is 0 Å². The predicted molar refractivity (Wildman–Crippen MR) is 101 cm³/mol. The summed E-state index contributed by atoms with van der Waals surface area (Å²) >= 11 is 0. The fourth-order valence-electron chi connectivity index (χ4n) is 5.29. The van der Waals surface area contributed by atoms with E-state index in [2.05, 4.69) is 23.0 Å². The molecule has 0 saturated carbocycles. The Labute approximate surface area is 152 Å². The minimum Gasteiger partial charge on any atom is -0.508 e. The van der Waals surface area contributed by atoms with Gasteiger partial charge in [-0.25, -0.2) is 4.39 Å². The molecule has 3 aromatic rings. The van der Waals surface area contributed by atoms with E-state index in [1.165, 1.54) is 5.56 Å². The summed E-state index contributed by atoms with van der Waals surface area (Å²) in [5.74, 6) is 0.603. The summed E-state index contributed by atoms with van der Waals surface area (Å²) in [4.78, 5) is 5.87. The Balaban J connectivity index is 1.70. The van der Waals surface area contributed by atoms with Crippen molar-refractivity contribution in [3.8, 4) is 5.75 Å². The predicted octanol–water partition coefficient (Wildman–Crippen LogP) is 4.00. The van der Waals surface area contributed by atoms with Gasteiger partial charge in [0.05, 0.1) is 0 Å². The van der Waals surface area contributed by atoms with Gasteiger partial charge in [-0.3, -0.25) is 0 Å². The Hall–Kier alpha value is -2.33. The minimum absolute atomic E-state index is 0.00436. The van der Waals surface area contributed by atoms with Crippen LogP contribution in [0.5, 0.6) is 5.75 Å². The molecule has 4 heteroatoms. The molecule has 1 fully saturated rings. The smallest absolute Gasteiger partial charge is 0.132 e. The van der Waals surface area contributed by atoms with E-state index in [9.17, 15) is 9.50 Å². The first kappa shape index (κ1) is 15.9. The largest absolute Gasteiger partial charge is 0.508 e. The normalized spacial score (nSPS) is 25.8. The van der Waals surface area contributed by atoms with Crippen molar-refractivity contribution < 1.29 is 9.50 Å². The lowest BCUT2D eigenvalue weighted by Crippen LogP contribution is -2.52. The van der Waals surface area contributed by atoms with Crippen LogP contribution in [0.25, 0.3) is 10.9 Å². The standard InChI is InChI=1S/C22H23FN2O/c1-25-9-8-22(14-4-2-5-16(26)10-14)12-20-17(11-15(22)13-25)21-18(23)6-3-7-19(21)24-20/h2-7,10,15,24,26H,8-9,11-13H2,1H3/t15?,22-/m1/s1. The molecular weight excluding hydrogens is 327 g/mol. The van der Waals surface area contributed by atoms with Gasteiger partial charge >= 0.3 is 0 Å². The second kappa shape index (κ2) is 5.58. The lowest BCUT2D eigenvalue weighted by atomic mass is 9.59. The molecule has 1 aliphatic heterocycles. The number of aromatic nitrogens is 1. The number of fused-ring (bicyclic) bond motifs is 4. The van der Waals surface area contributed by atoms with Crippen LogP contribution in [0.3, 0.4) is 0 Å². The van der Waals surface area contributed by atoms with Crippen molar-refractivity contribution in [1.29, 1.82) is 0 Å². The van der Waals surface area contributed by atoms with E-state index in [0.717, 1.165) is 54.5 Å². The summed E-state index contributed by atoms with van der Waals surface area (Å²) in [7, 11) is 2.16. The highest BCUT2D eigenvalue weighted by atomic mass is 19.1. The number of nitrogens with one attached hydrogen (secondary N) is 1. The van der Waals surface area contributed by atoms with Gasteiger partial charge in [-0.2, -0.15) is 0 Å². The first-order valence-electron chi connectivity index (χ1n) is 9.33. The van der Waals surface area contributed by atoms with Crippen LogP contribution < -0.4 is 0 Å². The molecule has 2 aromatic carbocycles. The lowest BCUT2D eigenvalue weighted by molar-refractivity contribution is 0.0994. The lowest BCUT2D eigenvalue weighted by Gasteiger charge is -2.50. The van der Waals surface area contributed by atoms with Crippen molar-refractivity contribution in [2.45, 2.75) is 24.7 Å². The molecule has 5 rings (SSSR count). The van der Waals surface area contributed by atoms with E-state index >= 15 is 0 Å². The monoisotopic (exact) mass is 350 g/mol. The average Bonchev–Trinajstić information content (AvgIpc) is 2.98. The van der Waals surface area contributed by atoms with E-state index in [0.29, 0.717) is 11.7 Å². The van der Waals surface area contributed by atoms with Gasteiger partial charge in [-0.1, -0.05) is 18.2 Å². The topological polar surface area (TPSA) is 39.3 Å². The third kappa shape index (κ3) is 2.21. The summed E-state index contributed by atoms with van der Waals surface area (Å²) in [6, 6.07) is 13.0. The molecule has 2 N–H and O–H groups in total. The second-order valence-electron chi connectivity index (χ2n) is 8.04. The van der Waals surface area contributed by atoms with Crippen molar-refractivity contribution >= 4 is 10.9 Å². The zero-order valence-electron chi connectivity index (χ0n) is 14.9. The van der Waals surface area contributed by atoms with Crippen molar-refractivity contribution in [3.63, 3.8) is 0 Å². The number of H-pyrrole nitrogens is 1. The van der Waals surface area contributed by atoms with Crippen molar-refractivity contribution in [3.05, 3.63) is 65.1 Å². The number of phenols is 1. The number of hydrogen-bond acceptors (Lipinski definition) is 2. The van der Waals surface area contributed by atoms with Crippen LogP contribution in [0.1, 0.15) is 23.2 Å². The van der Waals surface area contributed by atoms with E-state index in [1.807, 2.05) is 18.2 Å². The van der Waals surface area contributed by atoms with Crippen LogP contribution in [0.2, 0.25) is 0 Å². The first-order valence-corrected chi connectivity index (χ1v) is 9.33. The van der Waals surface area contributed by atoms with Crippen LogP contribution >= 0.6 is 0 Å². The van der Waals surface area contributed by atoms with Crippen molar-refractivity contribution in [2.75, 3.05) is 20.1 Å². The molecule has 0 amide bonds. The molecule has 1 aliphatic carbocycles. The molecule has 3 nitrogen and oxygen atoms in total. The Morgan fingerprint density at radius 2 is 2.08 bits per heavy atom. The van der Waals surface area contributed by atoms with Gasteiger partial charge < -0.3 is 15.0 Å². The number of hydrogen-bond donors (Lipinski definition) is 2. The zero-order chi connectivity index (χ0) is 17.9. The van der Waals surface area contributed by atoms with Gasteiger partial charge in [-0.05, 0) is 74.2 Å². The van der Waals surface area contributed by atoms with Crippen LogP contribution in [-0.4, -0.2) is 35.1 Å². The highest BCUT2D eigenvalue weighted by Crippen LogP contribution is 2.49. The van der Waals surface area contributed by atoms with E-state index in [-0.39, 0.29) is 11.2 Å². The Bertz CT molecular complexity index is 995. The summed E-state index contributed by atoms with van der Waals surface area (Å²) in [6.07, 6.45) is 2.80. The fourth-order valence-corrected chi connectivity index (χ4v) is 5.29. The summed E-state index contributed by atoms with van der Waals surface area (Å²) in [6.45, 7) is 2.03. The van der Waals surface area contributed by atoms with Crippen LogP contribution in [0.15, 0.2) is 42.5 Å². The van der Waals surface area contributed by atoms with Gasteiger partial charge in [0.1, 0.15) is 11.6 Å². The number of phenolic OH excluding ortho intramolecular Hbond substituents is 1. The Morgan fingerprint density at radius 1 is 1.23 bits per heavy atom. The number of benzene rings is 2. The molecule has 2 aliphatic rings. The van der Waals surface area contributed by atoms with Crippen molar-refractivity contribution in [2.24, 2.45) is 5.92 Å². The van der Waals surface area contributed by atoms with Crippen LogP contribution in [0, 0.1) is 11.7 Å². The van der Waals surface area contributed by atoms with E-state index in [4.69, 9.17) is 0 Å². The Morgan fingerprint density at radius 3 is 2.92 bits per heavy atom. The molecule has 134 valence electrons. The number of likely N-dealkylation sites (tertiary alicyclic amines) is 1. The molecule has 0 bridgehead atoms. The number of aromatic amines is 1. The third-order valence-corrected chi connectivity index (χ3v) is 6.58. The van der Waals surface area contributed by atoms with Gasteiger partial charge in [0.15, 0.2) is 0 Å². The molecule has 1 aromatic heterocycles. The summed E-state index contributed by atoms with van der Waals surface area (Å²) < 4.78 is 14.5. The molecular formula is C22H23FN2O. The van der Waals surface area contributed by atoms with Crippen molar-refractivity contribution in [1.82, 2.24) is 9.88 Å². The number of rotatable bonds is 1. The molecule has 0 radical (unpaired) electrons. The number of aromatic hydroxyl groups is 1. The van der Waals surface area contributed by atoms with Gasteiger partial charge in [-0.15, -0.1) is 0 Å².